The zero-order valence-electron chi connectivity index (χ0n) is 16.4. The predicted molar refractivity (Wildman–Crippen MR) is 106 cm³/mol. The summed E-state index contributed by atoms with van der Waals surface area (Å²) in [5.41, 5.74) is 1.15. The van der Waals surface area contributed by atoms with E-state index in [-0.39, 0.29) is 5.54 Å². The molecule has 2 N–H and O–H groups in total. The molecular formula is C19H29N7O. The molecule has 1 fully saturated rings. The maximum absolute atomic E-state index is 5.46. The quantitative estimate of drug-likeness (QED) is 0.584. The normalized spacial score (nSPS) is 16.3. The van der Waals surface area contributed by atoms with Gasteiger partial charge in [-0.25, -0.2) is 9.67 Å². The van der Waals surface area contributed by atoms with E-state index in [0.717, 1.165) is 50.2 Å². The Balaban J connectivity index is 1.53. The minimum absolute atomic E-state index is 0.0331. The van der Waals surface area contributed by atoms with Gasteiger partial charge in [-0.2, -0.15) is 5.10 Å². The Bertz CT molecular complexity index is 736. The fourth-order valence-corrected chi connectivity index (χ4v) is 3.09. The minimum Gasteiger partial charge on any atom is -0.379 e. The predicted octanol–water partition coefficient (Wildman–Crippen LogP) is 1.04. The molecule has 3 rings (SSSR count). The molecule has 2 aromatic heterocycles. The van der Waals surface area contributed by atoms with Gasteiger partial charge in [0, 0.05) is 57.4 Å². The number of hydrogen-bond acceptors (Lipinski definition) is 5. The molecule has 0 radical (unpaired) electrons. The lowest BCUT2D eigenvalue weighted by Crippen LogP contribution is -2.56. The van der Waals surface area contributed by atoms with Gasteiger partial charge in [0.25, 0.3) is 0 Å². The van der Waals surface area contributed by atoms with Crippen LogP contribution in [0.1, 0.15) is 19.4 Å². The number of nitrogens with one attached hydrogen (secondary N) is 2. The van der Waals surface area contributed by atoms with E-state index in [1.54, 1.807) is 24.1 Å². The highest BCUT2D eigenvalue weighted by Gasteiger charge is 2.28. The standard InChI is InChI=1S/C19H29N7O/c1-19(2,25-9-11-27-12-10-25)15-23-18(20-3)22-14-16-5-7-21-17(13-16)26-8-4-6-24-26/h4-8,13H,9-12,14-15H2,1-3H3,(H2,20,22,23). The van der Waals surface area contributed by atoms with Crippen LogP contribution >= 0.6 is 0 Å². The lowest BCUT2D eigenvalue weighted by atomic mass is 10.0. The number of rotatable bonds is 6. The van der Waals surface area contributed by atoms with E-state index in [1.165, 1.54) is 0 Å². The van der Waals surface area contributed by atoms with Crippen molar-refractivity contribution in [3.8, 4) is 5.82 Å². The molecular weight excluding hydrogens is 342 g/mol. The highest BCUT2D eigenvalue weighted by Crippen LogP contribution is 2.15. The summed E-state index contributed by atoms with van der Waals surface area (Å²) in [7, 11) is 1.79. The second-order valence-electron chi connectivity index (χ2n) is 7.16. The van der Waals surface area contributed by atoms with Gasteiger partial charge < -0.3 is 15.4 Å². The van der Waals surface area contributed by atoms with Gasteiger partial charge in [-0.15, -0.1) is 0 Å². The van der Waals surface area contributed by atoms with Crippen LogP contribution in [0.2, 0.25) is 0 Å². The first kappa shape index (κ1) is 19.3. The van der Waals surface area contributed by atoms with Crippen molar-refractivity contribution in [1.29, 1.82) is 0 Å². The summed E-state index contributed by atoms with van der Waals surface area (Å²) in [6.07, 6.45) is 5.42. The second-order valence-corrected chi connectivity index (χ2v) is 7.16. The molecule has 0 aliphatic carbocycles. The van der Waals surface area contributed by atoms with Crippen molar-refractivity contribution in [3.05, 3.63) is 42.4 Å². The molecule has 1 aliphatic rings. The Hall–Kier alpha value is -2.45. The molecule has 3 heterocycles. The largest absolute Gasteiger partial charge is 0.379 e. The Morgan fingerprint density at radius 1 is 1.26 bits per heavy atom. The van der Waals surface area contributed by atoms with E-state index in [0.29, 0.717) is 6.54 Å². The smallest absolute Gasteiger partial charge is 0.191 e. The van der Waals surface area contributed by atoms with Crippen molar-refractivity contribution in [2.24, 2.45) is 4.99 Å². The van der Waals surface area contributed by atoms with Crippen molar-refractivity contribution in [2.45, 2.75) is 25.9 Å². The summed E-state index contributed by atoms with van der Waals surface area (Å²) in [6, 6.07) is 5.89. The number of aliphatic imine (C=N–C) groups is 1. The summed E-state index contributed by atoms with van der Waals surface area (Å²) < 4.78 is 7.21. The summed E-state index contributed by atoms with van der Waals surface area (Å²) >= 11 is 0. The molecule has 8 nitrogen and oxygen atoms in total. The van der Waals surface area contributed by atoms with Crippen LogP contribution in [-0.4, -0.2) is 71.1 Å². The van der Waals surface area contributed by atoms with Gasteiger partial charge in [0.1, 0.15) is 0 Å². The first-order valence-corrected chi connectivity index (χ1v) is 9.31. The highest BCUT2D eigenvalue weighted by molar-refractivity contribution is 5.79. The van der Waals surface area contributed by atoms with Gasteiger partial charge in [0.15, 0.2) is 11.8 Å². The number of pyridine rings is 1. The Morgan fingerprint density at radius 2 is 2.07 bits per heavy atom. The average molecular weight is 371 g/mol. The first-order valence-electron chi connectivity index (χ1n) is 9.31. The zero-order chi connectivity index (χ0) is 19.1. The van der Waals surface area contributed by atoms with Crippen molar-refractivity contribution in [1.82, 2.24) is 30.3 Å². The van der Waals surface area contributed by atoms with Gasteiger partial charge in [-0.05, 0) is 37.6 Å². The van der Waals surface area contributed by atoms with Crippen molar-refractivity contribution < 1.29 is 4.74 Å². The molecule has 0 unspecified atom stereocenters. The van der Waals surface area contributed by atoms with E-state index in [9.17, 15) is 0 Å². The summed E-state index contributed by atoms with van der Waals surface area (Å²) in [5, 5.41) is 11.0. The van der Waals surface area contributed by atoms with Crippen LogP contribution in [0.25, 0.3) is 5.82 Å². The minimum atomic E-state index is 0.0331. The molecule has 0 spiro atoms. The van der Waals surface area contributed by atoms with Gasteiger partial charge in [0.05, 0.1) is 13.2 Å². The van der Waals surface area contributed by atoms with Crippen LogP contribution < -0.4 is 10.6 Å². The van der Waals surface area contributed by atoms with E-state index < -0.39 is 0 Å². The topological polar surface area (TPSA) is 79.6 Å². The van der Waals surface area contributed by atoms with Gasteiger partial charge in [-0.3, -0.25) is 9.89 Å². The molecule has 146 valence electrons. The Labute approximate surface area is 160 Å². The molecule has 1 aliphatic heterocycles. The zero-order valence-corrected chi connectivity index (χ0v) is 16.4. The van der Waals surface area contributed by atoms with Crippen LogP contribution in [0.5, 0.6) is 0 Å². The average Bonchev–Trinajstić information content (AvgIpc) is 3.24. The monoisotopic (exact) mass is 371 g/mol. The molecule has 0 bridgehead atoms. The van der Waals surface area contributed by atoms with Crippen molar-refractivity contribution in [3.63, 3.8) is 0 Å². The van der Waals surface area contributed by atoms with E-state index in [4.69, 9.17) is 4.74 Å². The lowest BCUT2D eigenvalue weighted by molar-refractivity contribution is -0.00834. The maximum Gasteiger partial charge on any atom is 0.191 e. The molecule has 0 atom stereocenters. The number of guanidine groups is 1. The maximum atomic E-state index is 5.46. The number of morpholine rings is 1. The third-order valence-corrected chi connectivity index (χ3v) is 4.79. The lowest BCUT2D eigenvalue weighted by Gasteiger charge is -2.41. The Morgan fingerprint density at radius 3 is 2.78 bits per heavy atom. The summed E-state index contributed by atoms with van der Waals surface area (Å²) in [5.74, 6) is 1.59. The van der Waals surface area contributed by atoms with Crippen LogP contribution in [0.15, 0.2) is 41.8 Å². The van der Waals surface area contributed by atoms with Gasteiger partial charge in [0.2, 0.25) is 0 Å². The van der Waals surface area contributed by atoms with Crippen LogP contribution in [0.4, 0.5) is 0 Å². The van der Waals surface area contributed by atoms with Crippen LogP contribution in [0, 0.1) is 0 Å². The van der Waals surface area contributed by atoms with E-state index >= 15 is 0 Å². The number of ether oxygens (including phenoxy) is 1. The summed E-state index contributed by atoms with van der Waals surface area (Å²) in [6.45, 7) is 9.50. The van der Waals surface area contributed by atoms with Crippen molar-refractivity contribution >= 4 is 5.96 Å². The van der Waals surface area contributed by atoms with Gasteiger partial charge >= 0.3 is 0 Å². The fourth-order valence-electron chi connectivity index (χ4n) is 3.09. The third-order valence-electron chi connectivity index (χ3n) is 4.79. The summed E-state index contributed by atoms with van der Waals surface area (Å²) in [4.78, 5) is 11.2. The third kappa shape index (κ3) is 5.27. The fraction of sp³-hybridized carbons (Fsp3) is 0.526. The van der Waals surface area contributed by atoms with Crippen LogP contribution in [0.3, 0.4) is 0 Å². The van der Waals surface area contributed by atoms with E-state index in [2.05, 4.69) is 44.5 Å². The Kier molecular flexibility index (Phi) is 6.41. The molecule has 8 heteroatoms. The molecule has 2 aromatic rings. The van der Waals surface area contributed by atoms with E-state index in [1.807, 2.05) is 24.4 Å². The molecule has 0 aromatic carbocycles. The highest BCUT2D eigenvalue weighted by atomic mass is 16.5. The first-order chi connectivity index (χ1) is 13.1. The van der Waals surface area contributed by atoms with Crippen molar-refractivity contribution in [2.75, 3.05) is 39.9 Å². The second kappa shape index (κ2) is 8.96. The number of aromatic nitrogens is 3. The van der Waals surface area contributed by atoms with Gasteiger partial charge in [-0.1, -0.05) is 0 Å². The SMILES string of the molecule is CN=C(NCc1ccnc(-n2cccn2)c1)NCC(C)(C)N1CCOCC1. The molecule has 0 saturated carbocycles. The number of nitrogens with zero attached hydrogens (tertiary/aromatic N) is 5. The molecule has 27 heavy (non-hydrogen) atoms. The van der Waals surface area contributed by atoms with Crippen LogP contribution in [-0.2, 0) is 11.3 Å². The number of hydrogen-bond donors (Lipinski definition) is 2. The molecule has 1 saturated heterocycles. The molecule has 0 amide bonds.